The molecule has 23 heavy (non-hydrogen) atoms. The molecular formula is C19H20N2O2. The maximum atomic E-state index is 11.7. The highest BCUT2D eigenvalue weighted by Gasteiger charge is 2.06. The number of carbonyl (C=O) groups excluding carboxylic acids is 1. The van der Waals surface area contributed by atoms with Gasteiger partial charge < -0.3 is 15.0 Å². The second kappa shape index (κ2) is 7.01. The second-order valence-corrected chi connectivity index (χ2v) is 5.60. The molecule has 0 aliphatic rings. The number of nitrogens with one attached hydrogen (secondary N) is 2. The van der Waals surface area contributed by atoms with Crippen LogP contribution in [0.15, 0.2) is 54.7 Å². The number of rotatable bonds is 5. The second-order valence-electron chi connectivity index (χ2n) is 5.60. The first-order valence-corrected chi connectivity index (χ1v) is 7.73. The number of amides is 1. The highest BCUT2D eigenvalue weighted by molar-refractivity contribution is 5.83. The van der Waals surface area contributed by atoms with E-state index < -0.39 is 0 Å². The molecule has 2 aromatic carbocycles. The van der Waals surface area contributed by atoms with Gasteiger partial charge in [-0.25, -0.2) is 4.79 Å². The summed E-state index contributed by atoms with van der Waals surface area (Å²) in [5.41, 5.74) is 4.53. The maximum absolute atomic E-state index is 11.7. The zero-order valence-corrected chi connectivity index (χ0v) is 13.1. The van der Waals surface area contributed by atoms with E-state index in [4.69, 9.17) is 4.74 Å². The molecule has 0 radical (unpaired) electrons. The number of hydrogen-bond acceptors (Lipinski definition) is 2. The van der Waals surface area contributed by atoms with Gasteiger partial charge in [0.15, 0.2) is 0 Å². The van der Waals surface area contributed by atoms with E-state index in [0.29, 0.717) is 13.2 Å². The molecule has 2 N–H and O–H groups in total. The predicted molar refractivity (Wildman–Crippen MR) is 91.4 cm³/mol. The Morgan fingerprint density at radius 2 is 2.00 bits per heavy atom. The van der Waals surface area contributed by atoms with Crippen LogP contribution in [0.4, 0.5) is 4.79 Å². The lowest BCUT2D eigenvalue weighted by molar-refractivity contribution is 0.140. The third-order valence-electron chi connectivity index (χ3n) is 3.80. The summed E-state index contributed by atoms with van der Waals surface area (Å²) < 4.78 is 5.20. The quantitative estimate of drug-likeness (QED) is 0.750. The fourth-order valence-electron chi connectivity index (χ4n) is 2.57. The zero-order chi connectivity index (χ0) is 16.1. The molecule has 1 heterocycles. The van der Waals surface area contributed by atoms with Crippen LogP contribution in [0.25, 0.3) is 10.9 Å². The van der Waals surface area contributed by atoms with Crippen molar-refractivity contribution in [3.63, 3.8) is 0 Å². The zero-order valence-electron chi connectivity index (χ0n) is 13.1. The minimum atomic E-state index is -0.384. The lowest BCUT2D eigenvalue weighted by atomic mass is 10.1. The van der Waals surface area contributed by atoms with Crippen molar-refractivity contribution in [2.75, 3.05) is 6.54 Å². The van der Waals surface area contributed by atoms with E-state index in [1.165, 1.54) is 16.5 Å². The van der Waals surface area contributed by atoms with Gasteiger partial charge in [-0.05, 0) is 36.6 Å². The Kier molecular flexibility index (Phi) is 4.62. The van der Waals surface area contributed by atoms with Gasteiger partial charge in [0.05, 0.1) is 0 Å². The van der Waals surface area contributed by atoms with Gasteiger partial charge in [0.1, 0.15) is 6.61 Å². The van der Waals surface area contributed by atoms with Crippen LogP contribution in [0.5, 0.6) is 0 Å². The summed E-state index contributed by atoms with van der Waals surface area (Å²) in [7, 11) is 0. The van der Waals surface area contributed by atoms with Crippen molar-refractivity contribution in [1.82, 2.24) is 10.3 Å². The van der Waals surface area contributed by atoms with Gasteiger partial charge in [-0.2, -0.15) is 0 Å². The number of aromatic nitrogens is 1. The van der Waals surface area contributed by atoms with Gasteiger partial charge in [0.25, 0.3) is 0 Å². The van der Waals surface area contributed by atoms with E-state index in [9.17, 15) is 4.79 Å². The Bertz CT molecular complexity index is 793. The van der Waals surface area contributed by atoms with Gasteiger partial charge in [-0.15, -0.1) is 0 Å². The fraction of sp³-hybridized carbons (Fsp3) is 0.211. The third kappa shape index (κ3) is 3.92. The number of benzene rings is 2. The van der Waals surface area contributed by atoms with Crippen LogP contribution in [0, 0.1) is 6.92 Å². The van der Waals surface area contributed by atoms with Crippen LogP contribution in [-0.2, 0) is 17.8 Å². The molecule has 4 heteroatoms. The van der Waals surface area contributed by atoms with E-state index >= 15 is 0 Å². The molecule has 4 nitrogen and oxygen atoms in total. The number of aryl methyl sites for hydroxylation is 1. The fourth-order valence-corrected chi connectivity index (χ4v) is 2.57. The largest absolute Gasteiger partial charge is 0.445 e. The number of hydrogen-bond donors (Lipinski definition) is 2. The maximum Gasteiger partial charge on any atom is 0.407 e. The molecule has 3 rings (SSSR count). The van der Waals surface area contributed by atoms with E-state index in [2.05, 4.69) is 35.4 Å². The van der Waals surface area contributed by atoms with Gasteiger partial charge >= 0.3 is 6.09 Å². The van der Waals surface area contributed by atoms with E-state index in [1.54, 1.807) is 0 Å². The number of ether oxygens (including phenoxy) is 1. The summed E-state index contributed by atoms with van der Waals surface area (Å²) in [6.45, 7) is 2.92. The Hall–Kier alpha value is -2.75. The van der Waals surface area contributed by atoms with Crippen LogP contribution in [0.2, 0.25) is 0 Å². The lowest BCUT2D eigenvalue weighted by Crippen LogP contribution is -2.26. The Morgan fingerprint density at radius 1 is 1.17 bits per heavy atom. The van der Waals surface area contributed by atoms with E-state index in [-0.39, 0.29) is 6.09 Å². The van der Waals surface area contributed by atoms with E-state index in [0.717, 1.165) is 17.5 Å². The Balaban J connectivity index is 1.48. The molecule has 0 saturated heterocycles. The van der Waals surface area contributed by atoms with Crippen molar-refractivity contribution in [1.29, 1.82) is 0 Å². The van der Waals surface area contributed by atoms with Gasteiger partial charge in [-0.3, -0.25) is 0 Å². The normalized spacial score (nSPS) is 10.7. The standard InChI is InChI=1S/C19H20N2O2/c1-14-7-8-18-17(11-14)16(12-21-18)9-10-20-19(22)23-13-15-5-3-2-4-6-15/h2-8,11-12,21H,9-10,13H2,1H3,(H,20,22). The lowest BCUT2D eigenvalue weighted by Gasteiger charge is -2.07. The first-order chi connectivity index (χ1) is 11.2. The summed E-state index contributed by atoms with van der Waals surface area (Å²) in [5.74, 6) is 0. The third-order valence-corrected chi connectivity index (χ3v) is 3.80. The topological polar surface area (TPSA) is 54.1 Å². The minimum absolute atomic E-state index is 0.291. The molecule has 1 aromatic heterocycles. The van der Waals surface area contributed by atoms with Crippen LogP contribution in [0.1, 0.15) is 16.7 Å². The van der Waals surface area contributed by atoms with Crippen molar-refractivity contribution < 1.29 is 9.53 Å². The summed E-state index contributed by atoms with van der Waals surface area (Å²) in [4.78, 5) is 15.0. The number of carbonyl (C=O) groups is 1. The monoisotopic (exact) mass is 308 g/mol. The SMILES string of the molecule is Cc1ccc2[nH]cc(CCNC(=O)OCc3ccccc3)c2c1. The van der Waals surface area contributed by atoms with Crippen molar-refractivity contribution in [2.24, 2.45) is 0 Å². The van der Waals surface area contributed by atoms with Crippen LogP contribution < -0.4 is 5.32 Å². The number of alkyl carbamates (subject to hydrolysis) is 1. The van der Waals surface area contributed by atoms with E-state index in [1.807, 2.05) is 36.5 Å². The van der Waals surface area contributed by atoms with Crippen molar-refractivity contribution in [3.8, 4) is 0 Å². The summed E-state index contributed by atoms with van der Waals surface area (Å²) in [5, 5.41) is 4.01. The Labute approximate surface area is 135 Å². The molecule has 1 amide bonds. The highest BCUT2D eigenvalue weighted by atomic mass is 16.5. The summed E-state index contributed by atoms with van der Waals surface area (Å²) in [6.07, 6.45) is 2.38. The molecule has 0 fully saturated rings. The molecule has 0 unspecified atom stereocenters. The summed E-state index contributed by atoms with van der Waals surface area (Å²) >= 11 is 0. The molecule has 0 bridgehead atoms. The smallest absolute Gasteiger partial charge is 0.407 e. The number of aromatic amines is 1. The molecule has 0 atom stereocenters. The van der Waals surface area contributed by atoms with Gasteiger partial charge in [0.2, 0.25) is 0 Å². The summed E-state index contributed by atoms with van der Waals surface area (Å²) in [6, 6.07) is 16.0. The van der Waals surface area contributed by atoms with Crippen molar-refractivity contribution >= 4 is 17.0 Å². The number of fused-ring (bicyclic) bond motifs is 1. The molecular weight excluding hydrogens is 288 g/mol. The highest BCUT2D eigenvalue weighted by Crippen LogP contribution is 2.19. The van der Waals surface area contributed by atoms with Crippen LogP contribution in [0.3, 0.4) is 0 Å². The van der Waals surface area contributed by atoms with Crippen LogP contribution >= 0.6 is 0 Å². The minimum Gasteiger partial charge on any atom is -0.445 e. The first-order valence-electron chi connectivity index (χ1n) is 7.73. The van der Waals surface area contributed by atoms with Gasteiger partial charge in [0, 0.05) is 23.6 Å². The molecule has 0 spiro atoms. The number of H-pyrrole nitrogens is 1. The van der Waals surface area contributed by atoms with Crippen molar-refractivity contribution in [2.45, 2.75) is 20.0 Å². The molecule has 0 aliphatic carbocycles. The average Bonchev–Trinajstić information content (AvgIpc) is 2.96. The molecule has 118 valence electrons. The first kappa shape index (κ1) is 15.2. The average molecular weight is 308 g/mol. The van der Waals surface area contributed by atoms with Crippen molar-refractivity contribution in [3.05, 3.63) is 71.4 Å². The molecule has 3 aromatic rings. The predicted octanol–water partition coefficient (Wildman–Crippen LogP) is 3.95. The van der Waals surface area contributed by atoms with Gasteiger partial charge in [-0.1, -0.05) is 42.0 Å². The molecule has 0 saturated carbocycles. The Morgan fingerprint density at radius 3 is 2.83 bits per heavy atom. The molecule has 0 aliphatic heterocycles. The van der Waals surface area contributed by atoms with Crippen LogP contribution in [-0.4, -0.2) is 17.6 Å².